The zero-order valence-corrected chi connectivity index (χ0v) is 15.0. The summed E-state index contributed by atoms with van der Waals surface area (Å²) in [5, 5.41) is 0.996. The number of nitrogens with one attached hydrogen (secondary N) is 2. The molecule has 4 aromatic rings. The van der Waals surface area contributed by atoms with Crippen LogP contribution in [0.5, 0.6) is 5.75 Å². The van der Waals surface area contributed by atoms with Crippen LogP contribution in [0, 0.1) is 0 Å². The highest BCUT2D eigenvalue weighted by atomic mass is 16.5. The van der Waals surface area contributed by atoms with Crippen molar-refractivity contribution in [2.24, 2.45) is 0 Å². The van der Waals surface area contributed by atoms with Gasteiger partial charge in [0.05, 0.1) is 24.6 Å². The monoisotopic (exact) mass is 362 g/mol. The Labute approximate surface area is 154 Å². The number of aromatic amines is 2. The number of H-pyrrole nitrogens is 2. The van der Waals surface area contributed by atoms with Gasteiger partial charge in [0.25, 0.3) is 0 Å². The molecule has 0 bridgehead atoms. The summed E-state index contributed by atoms with van der Waals surface area (Å²) < 4.78 is 10.4. The Morgan fingerprint density at radius 3 is 2.48 bits per heavy atom. The third-order valence-corrected chi connectivity index (χ3v) is 4.52. The highest BCUT2D eigenvalue weighted by Gasteiger charge is 2.23. The average Bonchev–Trinajstić information content (AvgIpc) is 3.08. The van der Waals surface area contributed by atoms with Gasteiger partial charge in [0, 0.05) is 10.9 Å². The number of benzene rings is 2. The molecule has 6 heteroatoms. The first-order chi connectivity index (χ1) is 13.1. The van der Waals surface area contributed by atoms with Crippen LogP contribution in [0.3, 0.4) is 0 Å². The number of carbonyl (C=O) groups excluding carboxylic acids is 1. The van der Waals surface area contributed by atoms with Crippen LogP contribution in [-0.4, -0.2) is 29.7 Å². The van der Waals surface area contributed by atoms with Crippen molar-refractivity contribution in [1.82, 2.24) is 9.97 Å². The summed E-state index contributed by atoms with van der Waals surface area (Å²) in [5.41, 5.74) is 2.56. The van der Waals surface area contributed by atoms with Crippen molar-refractivity contribution in [3.8, 4) is 16.9 Å². The number of methoxy groups -OCH3 is 1. The molecule has 27 heavy (non-hydrogen) atoms. The van der Waals surface area contributed by atoms with Crippen LogP contribution in [0.15, 0.2) is 53.3 Å². The summed E-state index contributed by atoms with van der Waals surface area (Å²) in [5.74, 6) is 0.187. The predicted octanol–water partition coefficient (Wildman–Crippen LogP) is 3.86. The Hall–Kier alpha value is -3.54. The molecule has 0 unspecified atom stereocenters. The summed E-state index contributed by atoms with van der Waals surface area (Å²) in [6.45, 7) is 1.99. The van der Waals surface area contributed by atoms with Crippen molar-refractivity contribution < 1.29 is 14.3 Å². The number of hydrogen-bond acceptors (Lipinski definition) is 4. The molecule has 0 spiro atoms. The molecule has 6 nitrogen and oxygen atoms in total. The van der Waals surface area contributed by atoms with Gasteiger partial charge >= 0.3 is 5.97 Å². The number of pyridine rings is 1. The van der Waals surface area contributed by atoms with E-state index in [2.05, 4.69) is 9.97 Å². The standard InChI is InChI=1S/C21H18N2O4/c1-3-27-21(25)18-16(12-8-10-13(26-2)11-9-12)17-19(24)14-6-4-5-7-15(14)22-20(17)23-18/h4-11H,3H2,1-2H3,(H2,22,23,24). The van der Waals surface area contributed by atoms with Gasteiger partial charge in [-0.15, -0.1) is 0 Å². The number of fused-ring (bicyclic) bond motifs is 2. The van der Waals surface area contributed by atoms with Crippen molar-refractivity contribution in [1.29, 1.82) is 0 Å². The van der Waals surface area contributed by atoms with E-state index in [-0.39, 0.29) is 17.7 Å². The molecule has 2 aromatic carbocycles. The van der Waals surface area contributed by atoms with Gasteiger partial charge in [-0.05, 0) is 36.8 Å². The summed E-state index contributed by atoms with van der Waals surface area (Å²) in [6.07, 6.45) is 0. The lowest BCUT2D eigenvalue weighted by Crippen LogP contribution is -2.07. The summed E-state index contributed by atoms with van der Waals surface area (Å²) in [6, 6.07) is 14.5. The lowest BCUT2D eigenvalue weighted by molar-refractivity contribution is 0.0521. The Balaban J connectivity index is 2.08. The molecule has 4 rings (SSSR count). The number of hydrogen-bond donors (Lipinski definition) is 2. The normalized spacial score (nSPS) is 11.0. The smallest absolute Gasteiger partial charge is 0.355 e. The molecule has 0 fully saturated rings. The minimum Gasteiger partial charge on any atom is -0.497 e. The molecule has 0 saturated carbocycles. The highest BCUT2D eigenvalue weighted by molar-refractivity contribution is 6.09. The second kappa shape index (κ2) is 6.64. The van der Waals surface area contributed by atoms with E-state index in [0.29, 0.717) is 33.2 Å². The number of aromatic nitrogens is 2. The predicted molar refractivity (Wildman–Crippen MR) is 104 cm³/mol. The number of rotatable bonds is 4. The minimum atomic E-state index is -0.503. The van der Waals surface area contributed by atoms with Gasteiger partial charge in [0.15, 0.2) is 5.43 Å². The molecule has 2 N–H and O–H groups in total. The van der Waals surface area contributed by atoms with Gasteiger partial charge < -0.3 is 19.4 Å². The van der Waals surface area contributed by atoms with Gasteiger partial charge in [0.2, 0.25) is 0 Å². The second-order valence-electron chi connectivity index (χ2n) is 6.07. The Kier molecular flexibility index (Phi) is 4.16. The van der Waals surface area contributed by atoms with Crippen molar-refractivity contribution >= 4 is 27.9 Å². The van der Waals surface area contributed by atoms with Crippen molar-refractivity contribution in [2.45, 2.75) is 6.92 Å². The van der Waals surface area contributed by atoms with E-state index in [4.69, 9.17) is 9.47 Å². The molecule has 0 aliphatic rings. The quantitative estimate of drug-likeness (QED) is 0.540. The molecule has 0 aliphatic carbocycles. The molecule has 0 radical (unpaired) electrons. The lowest BCUT2D eigenvalue weighted by atomic mass is 10.0. The maximum absolute atomic E-state index is 13.2. The van der Waals surface area contributed by atoms with Gasteiger partial charge in [-0.2, -0.15) is 0 Å². The minimum absolute atomic E-state index is 0.142. The molecule has 136 valence electrons. The molecule has 2 aromatic heterocycles. The third-order valence-electron chi connectivity index (χ3n) is 4.52. The van der Waals surface area contributed by atoms with Crippen LogP contribution in [-0.2, 0) is 4.74 Å². The maximum atomic E-state index is 13.2. The molecular formula is C21H18N2O4. The lowest BCUT2D eigenvalue weighted by Gasteiger charge is -2.06. The van der Waals surface area contributed by atoms with E-state index in [1.54, 1.807) is 32.2 Å². The zero-order valence-electron chi connectivity index (χ0n) is 15.0. The SMILES string of the molecule is CCOC(=O)c1[nH]c2[nH]c3ccccc3c(=O)c2c1-c1ccc(OC)cc1. The third kappa shape index (κ3) is 2.75. The summed E-state index contributed by atoms with van der Waals surface area (Å²) >= 11 is 0. The van der Waals surface area contributed by atoms with Gasteiger partial charge in [-0.3, -0.25) is 4.79 Å². The van der Waals surface area contributed by atoms with Gasteiger partial charge in [-0.25, -0.2) is 4.79 Å². The second-order valence-corrected chi connectivity index (χ2v) is 6.07. The average molecular weight is 362 g/mol. The van der Waals surface area contributed by atoms with Crippen molar-refractivity contribution in [3.63, 3.8) is 0 Å². The van der Waals surface area contributed by atoms with Crippen LogP contribution in [0.4, 0.5) is 0 Å². The number of carbonyl (C=O) groups is 1. The van der Waals surface area contributed by atoms with E-state index >= 15 is 0 Å². The number of para-hydroxylation sites is 1. The van der Waals surface area contributed by atoms with Gasteiger partial charge in [-0.1, -0.05) is 24.3 Å². The molecule has 0 atom stereocenters. The van der Waals surface area contributed by atoms with Crippen LogP contribution in [0.1, 0.15) is 17.4 Å². The number of ether oxygens (including phenoxy) is 2. The largest absolute Gasteiger partial charge is 0.497 e. The Morgan fingerprint density at radius 1 is 1.04 bits per heavy atom. The fraction of sp³-hybridized carbons (Fsp3) is 0.143. The summed E-state index contributed by atoms with van der Waals surface area (Å²) in [4.78, 5) is 32.0. The first-order valence-electron chi connectivity index (χ1n) is 8.62. The molecule has 0 amide bonds. The molecule has 0 aliphatic heterocycles. The van der Waals surface area contributed by atoms with E-state index in [1.165, 1.54) is 0 Å². The molecule has 0 saturated heterocycles. The highest BCUT2D eigenvalue weighted by Crippen LogP contribution is 2.32. The Morgan fingerprint density at radius 2 is 1.78 bits per heavy atom. The molecule has 2 heterocycles. The van der Waals surface area contributed by atoms with Crippen LogP contribution < -0.4 is 10.2 Å². The Bertz CT molecular complexity index is 1200. The van der Waals surface area contributed by atoms with Crippen molar-refractivity contribution in [2.75, 3.05) is 13.7 Å². The fourth-order valence-corrected chi connectivity index (χ4v) is 3.28. The zero-order chi connectivity index (χ0) is 19.0. The summed E-state index contributed by atoms with van der Waals surface area (Å²) in [7, 11) is 1.58. The first kappa shape index (κ1) is 16.9. The van der Waals surface area contributed by atoms with Gasteiger partial charge in [0.1, 0.15) is 17.1 Å². The van der Waals surface area contributed by atoms with Crippen LogP contribution >= 0.6 is 0 Å². The van der Waals surface area contributed by atoms with E-state index in [1.807, 2.05) is 30.3 Å². The molecular weight excluding hydrogens is 344 g/mol. The van der Waals surface area contributed by atoms with E-state index in [0.717, 1.165) is 5.56 Å². The van der Waals surface area contributed by atoms with Crippen LogP contribution in [0.2, 0.25) is 0 Å². The fourth-order valence-electron chi connectivity index (χ4n) is 3.28. The number of esters is 1. The van der Waals surface area contributed by atoms with Crippen LogP contribution in [0.25, 0.3) is 33.1 Å². The van der Waals surface area contributed by atoms with E-state index in [9.17, 15) is 9.59 Å². The topological polar surface area (TPSA) is 84.2 Å². The first-order valence-corrected chi connectivity index (χ1v) is 8.62. The van der Waals surface area contributed by atoms with E-state index < -0.39 is 5.97 Å². The maximum Gasteiger partial charge on any atom is 0.355 e. The van der Waals surface area contributed by atoms with Crippen molar-refractivity contribution in [3.05, 3.63) is 64.4 Å².